The predicted octanol–water partition coefficient (Wildman–Crippen LogP) is 1.73. The van der Waals surface area contributed by atoms with Gasteiger partial charge in [0.1, 0.15) is 13.2 Å². The van der Waals surface area contributed by atoms with Crippen LogP contribution in [0.25, 0.3) is 0 Å². The molecule has 0 aliphatic carbocycles. The zero-order valence-electron chi connectivity index (χ0n) is 10.8. The van der Waals surface area contributed by atoms with Crippen LogP contribution in [0.3, 0.4) is 0 Å². The van der Waals surface area contributed by atoms with Gasteiger partial charge in [0, 0.05) is 18.8 Å². The van der Waals surface area contributed by atoms with Crippen LogP contribution in [0.5, 0.6) is 11.5 Å². The predicted molar refractivity (Wildman–Crippen MR) is 68.8 cm³/mol. The van der Waals surface area contributed by atoms with E-state index in [2.05, 4.69) is 5.10 Å². The summed E-state index contributed by atoms with van der Waals surface area (Å²) in [5.41, 5.74) is 1.92. The molecule has 3 rings (SSSR count). The molecule has 0 unspecified atom stereocenters. The maximum atomic E-state index is 12.4. The third-order valence-corrected chi connectivity index (χ3v) is 3.06. The minimum Gasteiger partial charge on any atom is -0.486 e. The van der Waals surface area contributed by atoms with E-state index in [1.165, 1.54) is 0 Å². The molecule has 0 N–H and O–H groups in total. The van der Waals surface area contributed by atoms with Gasteiger partial charge in [-0.15, -0.1) is 0 Å². The minimum absolute atomic E-state index is 0.0532. The molecule has 1 aromatic heterocycles. The molecule has 1 aliphatic rings. The third kappa shape index (κ3) is 2.07. The van der Waals surface area contributed by atoms with E-state index < -0.39 is 0 Å². The standard InChI is InChI=1S/C14H14N2O3/c1-9-11(8-16(2)15-9)14(17)10-3-4-12-13(7-10)19-6-5-18-12/h3-4,7-8H,5-6H2,1-2H3. The van der Waals surface area contributed by atoms with Crippen LogP contribution in [0, 0.1) is 6.92 Å². The van der Waals surface area contributed by atoms with E-state index >= 15 is 0 Å². The number of hydrogen-bond acceptors (Lipinski definition) is 4. The summed E-state index contributed by atoms with van der Waals surface area (Å²) in [6.45, 7) is 2.88. The van der Waals surface area contributed by atoms with Crippen molar-refractivity contribution >= 4 is 5.78 Å². The first-order valence-corrected chi connectivity index (χ1v) is 6.10. The van der Waals surface area contributed by atoms with Crippen LogP contribution in [0.15, 0.2) is 24.4 Å². The molecule has 0 amide bonds. The molecule has 5 nitrogen and oxygen atoms in total. The van der Waals surface area contributed by atoms with Gasteiger partial charge in [-0.05, 0) is 25.1 Å². The fourth-order valence-corrected chi connectivity index (χ4v) is 2.16. The van der Waals surface area contributed by atoms with Crippen LogP contribution in [0.4, 0.5) is 0 Å². The molecule has 0 bridgehead atoms. The zero-order valence-corrected chi connectivity index (χ0v) is 10.8. The Morgan fingerprint density at radius 3 is 2.68 bits per heavy atom. The number of carbonyl (C=O) groups excluding carboxylic acids is 1. The number of hydrogen-bond donors (Lipinski definition) is 0. The van der Waals surface area contributed by atoms with Crippen LogP contribution in [0.1, 0.15) is 21.6 Å². The number of carbonyl (C=O) groups is 1. The average molecular weight is 258 g/mol. The summed E-state index contributed by atoms with van der Waals surface area (Å²) >= 11 is 0. The number of aromatic nitrogens is 2. The highest BCUT2D eigenvalue weighted by molar-refractivity contribution is 6.09. The number of fused-ring (bicyclic) bond motifs is 1. The van der Waals surface area contributed by atoms with Gasteiger partial charge in [0.05, 0.1) is 11.3 Å². The number of rotatable bonds is 2. The van der Waals surface area contributed by atoms with Gasteiger partial charge >= 0.3 is 0 Å². The SMILES string of the molecule is Cc1nn(C)cc1C(=O)c1ccc2c(c1)OCCO2. The number of ether oxygens (including phenoxy) is 2. The molecule has 2 aromatic rings. The lowest BCUT2D eigenvalue weighted by Crippen LogP contribution is -2.16. The lowest BCUT2D eigenvalue weighted by Gasteiger charge is -2.18. The highest BCUT2D eigenvalue weighted by Gasteiger charge is 2.18. The number of benzene rings is 1. The second kappa shape index (κ2) is 4.42. The van der Waals surface area contributed by atoms with Crippen molar-refractivity contribution in [3.8, 4) is 11.5 Å². The molecule has 1 aromatic carbocycles. The molecule has 0 fully saturated rings. The van der Waals surface area contributed by atoms with E-state index in [0.29, 0.717) is 35.8 Å². The van der Waals surface area contributed by atoms with Gasteiger partial charge in [0.2, 0.25) is 0 Å². The van der Waals surface area contributed by atoms with Crippen molar-refractivity contribution < 1.29 is 14.3 Å². The molecular formula is C14H14N2O3. The Hall–Kier alpha value is -2.30. The van der Waals surface area contributed by atoms with Gasteiger partial charge in [0.25, 0.3) is 0 Å². The van der Waals surface area contributed by atoms with Crippen molar-refractivity contribution in [1.82, 2.24) is 9.78 Å². The quantitative estimate of drug-likeness (QED) is 0.770. The summed E-state index contributed by atoms with van der Waals surface area (Å²) in [6.07, 6.45) is 1.73. The van der Waals surface area contributed by atoms with Crippen molar-refractivity contribution in [2.75, 3.05) is 13.2 Å². The molecule has 0 saturated heterocycles. The zero-order chi connectivity index (χ0) is 13.4. The normalized spacial score (nSPS) is 13.4. The van der Waals surface area contributed by atoms with E-state index in [1.807, 2.05) is 6.92 Å². The maximum Gasteiger partial charge on any atom is 0.196 e. The van der Waals surface area contributed by atoms with Crippen LogP contribution in [0.2, 0.25) is 0 Å². The van der Waals surface area contributed by atoms with Crippen molar-refractivity contribution in [3.05, 3.63) is 41.2 Å². The molecule has 0 atom stereocenters. The average Bonchev–Trinajstić information content (AvgIpc) is 2.76. The van der Waals surface area contributed by atoms with Gasteiger partial charge < -0.3 is 9.47 Å². The summed E-state index contributed by atoms with van der Waals surface area (Å²) in [6, 6.07) is 5.25. The van der Waals surface area contributed by atoms with Crippen LogP contribution >= 0.6 is 0 Å². The maximum absolute atomic E-state index is 12.4. The molecule has 98 valence electrons. The highest BCUT2D eigenvalue weighted by atomic mass is 16.6. The van der Waals surface area contributed by atoms with Crippen LogP contribution < -0.4 is 9.47 Å². The Bertz CT molecular complexity index is 646. The molecule has 0 saturated carbocycles. The van der Waals surface area contributed by atoms with Gasteiger partial charge in [0.15, 0.2) is 17.3 Å². The van der Waals surface area contributed by atoms with Crippen LogP contribution in [-0.4, -0.2) is 28.8 Å². The first-order chi connectivity index (χ1) is 9.15. The molecular weight excluding hydrogens is 244 g/mol. The fraction of sp³-hybridized carbons (Fsp3) is 0.286. The van der Waals surface area contributed by atoms with Gasteiger partial charge in [-0.1, -0.05) is 0 Å². The van der Waals surface area contributed by atoms with Crippen LogP contribution in [-0.2, 0) is 7.05 Å². The Kier molecular flexibility index (Phi) is 2.74. The lowest BCUT2D eigenvalue weighted by atomic mass is 10.0. The largest absolute Gasteiger partial charge is 0.486 e. The summed E-state index contributed by atoms with van der Waals surface area (Å²) in [4.78, 5) is 12.4. The van der Waals surface area contributed by atoms with E-state index in [4.69, 9.17) is 9.47 Å². The molecule has 0 radical (unpaired) electrons. The van der Waals surface area contributed by atoms with E-state index in [9.17, 15) is 4.79 Å². The van der Waals surface area contributed by atoms with Gasteiger partial charge in [-0.2, -0.15) is 5.10 Å². The topological polar surface area (TPSA) is 53.4 Å². The summed E-state index contributed by atoms with van der Waals surface area (Å²) < 4.78 is 12.6. The number of nitrogens with zero attached hydrogens (tertiary/aromatic N) is 2. The first kappa shape index (κ1) is 11.8. The molecule has 5 heteroatoms. The first-order valence-electron chi connectivity index (χ1n) is 6.10. The second-order valence-electron chi connectivity index (χ2n) is 4.49. The van der Waals surface area contributed by atoms with E-state index in [0.717, 1.165) is 5.69 Å². The van der Waals surface area contributed by atoms with Crippen molar-refractivity contribution in [2.45, 2.75) is 6.92 Å². The Morgan fingerprint density at radius 2 is 2.00 bits per heavy atom. The lowest BCUT2D eigenvalue weighted by molar-refractivity contribution is 0.103. The van der Waals surface area contributed by atoms with E-state index in [-0.39, 0.29) is 5.78 Å². The molecule has 0 spiro atoms. The van der Waals surface area contributed by atoms with Gasteiger partial charge in [-0.3, -0.25) is 9.48 Å². The monoisotopic (exact) mass is 258 g/mol. The van der Waals surface area contributed by atoms with Crippen molar-refractivity contribution in [3.63, 3.8) is 0 Å². The molecule has 2 heterocycles. The number of aryl methyl sites for hydroxylation is 2. The summed E-state index contributed by atoms with van der Waals surface area (Å²) in [5, 5.41) is 4.19. The molecule has 1 aliphatic heterocycles. The van der Waals surface area contributed by atoms with Crippen molar-refractivity contribution in [1.29, 1.82) is 0 Å². The number of ketones is 1. The van der Waals surface area contributed by atoms with Crippen molar-refractivity contribution in [2.24, 2.45) is 7.05 Å². The van der Waals surface area contributed by atoms with E-state index in [1.54, 1.807) is 36.1 Å². The summed E-state index contributed by atoms with van der Waals surface area (Å²) in [7, 11) is 1.80. The minimum atomic E-state index is -0.0532. The third-order valence-electron chi connectivity index (χ3n) is 3.06. The Labute approximate surface area is 110 Å². The summed E-state index contributed by atoms with van der Waals surface area (Å²) in [5.74, 6) is 1.26. The van der Waals surface area contributed by atoms with Gasteiger partial charge in [-0.25, -0.2) is 0 Å². The Balaban J connectivity index is 1.98. The Morgan fingerprint density at radius 1 is 1.26 bits per heavy atom. The highest BCUT2D eigenvalue weighted by Crippen LogP contribution is 2.31. The smallest absolute Gasteiger partial charge is 0.196 e. The fourth-order valence-electron chi connectivity index (χ4n) is 2.16. The molecule has 19 heavy (non-hydrogen) atoms. The second-order valence-corrected chi connectivity index (χ2v) is 4.49.